The molecule has 1 aromatic rings. The zero-order chi connectivity index (χ0) is 11.8. The van der Waals surface area contributed by atoms with Crippen LogP contribution >= 0.6 is 0 Å². The van der Waals surface area contributed by atoms with Crippen molar-refractivity contribution in [1.29, 1.82) is 0 Å². The van der Waals surface area contributed by atoms with Crippen LogP contribution in [-0.2, 0) is 11.3 Å². The van der Waals surface area contributed by atoms with Crippen LogP contribution in [-0.4, -0.2) is 18.2 Å². The van der Waals surface area contributed by atoms with Gasteiger partial charge in [-0.2, -0.15) is 0 Å². The van der Waals surface area contributed by atoms with Crippen molar-refractivity contribution < 1.29 is 4.74 Å². The molecule has 2 heterocycles. The molecule has 0 aliphatic carbocycles. The standard InChI is InChI=1S/C9H14N2.C4H8O/c1-7(2)9-5-3-4-8(6-10)11-9;1-2-4-5-3-1/h3-5,7H,6,10H2,1-2H3;1-4H2. The van der Waals surface area contributed by atoms with Gasteiger partial charge >= 0.3 is 0 Å². The molecule has 3 nitrogen and oxygen atoms in total. The predicted molar refractivity (Wildman–Crippen MR) is 66.3 cm³/mol. The highest BCUT2D eigenvalue weighted by Crippen LogP contribution is 2.10. The second-order valence-electron chi connectivity index (χ2n) is 4.23. The van der Waals surface area contributed by atoms with Crippen LogP contribution in [0.3, 0.4) is 0 Å². The summed E-state index contributed by atoms with van der Waals surface area (Å²) in [5.41, 5.74) is 7.54. The third-order valence-electron chi connectivity index (χ3n) is 2.46. The lowest BCUT2D eigenvalue weighted by atomic mass is 10.1. The highest BCUT2D eigenvalue weighted by atomic mass is 16.5. The molecule has 1 saturated heterocycles. The van der Waals surface area contributed by atoms with Crippen LogP contribution in [0.25, 0.3) is 0 Å². The van der Waals surface area contributed by atoms with Gasteiger partial charge in [0.05, 0.1) is 5.69 Å². The maximum absolute atomic E-state index is 5.46. The lowest BCUT2D eigenvalue weighted by molar-refractivity contribution is 0.198. The summed E-state index contributed by atoms with van der Waals surface area (Å²) < 4.78 is 4.94. The Labute approximate surface area is 98.0 Å². The molecule has 1 aromatic heterocycles. The van der Waals surface area contributed by atoms with Crippen LogP contribution in [0.1, 0.15) is 44.0 Å². The van der Waals surface area contributed by atoms with Crippen LogP contribution in [0, 0.1) is 0 Å². The fraction of sp³-hybridized carbons (Fsp3) is 0.615. The summed E-state index contributed by atoms with van der Waals surface area (Å²) in [6.07, 6.45) is 2.56. The van der Waals surface area contributed by atoms with Crippen molar-refractivity contribution in [3.8, 4) is 0 Å². The van der Waals surface area contributed by atoms with Crippen molar-refractivity contribution in [2.24, 2.45) is 5.73 Å². The molecule has 0 aromatic carbocycles. The Morgan fingerprint density at radius 2 is 2.00 bits per heavy atom. The van der Waals surface area contributed by atoms with Gasteiger partial charge < -0.3 is 10.5 Å². The summed E-state index contributed by atoms with van der Waals surface area (Å²) in [6, 6.07) is 5.99. The Morgan fingerprint density at radius 3 is 2.44 bits per heavy atom. The molecule has 1 fully saturated rings. The minimum absolute atomic E-state index is 0.487. The summed E-state index contributed by atoms with van der Waals surface area (Å²) in [4.78, 5) is 4.37. The molecule has 0 atom stereocenters. The number of nitrogens with two attached hydrogens (primary N) is 1. The number of hydrogen-bond acceptors (Lipinski definition) is 3. The van der Waals surface area contributed by atoms with E-state index in [1.807, 2.05) is 18.2 Å². The van der Waals surface area contributed by atoms with Gasteiger partial charge in [0.1, 0.15) is 0 Å². The molecule has 0 unspecified atom stereocenters. The molecule has 0 bridgehead atoms. The molecule has 16 heavy (non-hydrogen) atoms. The van der Waals surface area contributed by atoms with Gasteiger partial charge in [-0.05, 0) is 30.9 Å². The quantitative estimate of drug-likeness (QED) is 0.836. The van der Waals surface area contributed by atoms with Crippen molar-refractivity contribution in [3.63, 3.8) is 0 Å². The molecular weight excluding hydrogens is 200 g/mol. The van der Waals surface area contributed by atoms with Crippen molar-refractivity contribution in [3.05, 3.63) is 29.6 Å². The van der Waals surface area contributed by atoms with Gasteiger partial charge in [0.25, 0.3) is 0 Å². The Kier molecular flexibility index (Phi) is 6.04. The van der Waals surface area contributed by atoms with E-state index in [0.29, 0.717) is 12.5 Å². The van der Waals surface area contributed by atoms with E-state index in [4.69, 9.17) is 10.5 Å². The fourth-order valence-electron chi connectivity index (χ4n) is 1.44. The van der Waals surface area contributed by atoms with E-state index < -0.39 is 0 Å². The summed E-state index contributed by atoms with van der Waals surface area (Å²) in [6.45, 7) is 6.78. The molecule has 3 heteroatoms. The minimum atomic E-state index is 0.487. The zero-order valence-electron chi connectivity index (χ0n) is 10.3. The zero-order valence-corrected chi connectivity index (χ0v) is 10.3. The van der Waals surface area contributed by atoms with Gasteiger partial charge in [0.15, 0.2) is 0 Å². The average molecular weight is 222 g/mol. The van der Waals surface area contributed by atoms with E-state index in [1.54, 1.807) is 0 Å². The van der Waals surface area contributed by atoms with Gasteiger partial charge in [-0.3, -0.25) is 4.98 Å². The lowest BCUT2D eigenvalue weighted by Crippen LogP contribution is -2.02. The molecule has 90 valence electrons. The van der Waals surface area contributed by atoms with E-state index in [-0.39, 0.29) is 0 Å². The van der Waals surface area contributed by atoms with Gasteiger partial charge in [0.2, 0.25) is 0 Å². The second kappa shape index (κ2) is 7.36. The molecule has 1 aliphatic heterocycles. The first-order chi connectivity index (χ1) is 7.74. The van der Waals surface area contributed by atoms with Crippen LogP contribution in [0.5, 0.6) is 0 Å². The van der Waals surface area contributed by atoms with E-state index >= 15 is 0 Å². The highest BCUT2D eigenvalue weighted by molar-refractivity contribution is 5.13. The Bertz CT molecular complexity index is 288. The summed E-state index contributed by atoms with van der Waals surface area (Å²) >= 11 is 0. The monoisotopic (exact) mass is 222 g/mol. The first-order valence-corrected chi connectivity index (χ1v) is 5.97. The smallest absolute Gasteiger partial charge is 0.0542 e. The Balaban J connectivity index is 0.000000212. The number of ether oxygens (including phenoxy) is 1. The van der Waals surface area contributed by atoms with Gasteiger partial charge in [0, 0.05) is 25.5 Å². The van der Waals surface area contributed by atoms with Crippen LogP contribution in [0.15, 0.2) is 18.2 Å². The van der Waals surface area contributed by atoms with Crippen LogP contribution < -0.4 is 5.73 Å². The lowest BCUT2D eigenvalue weighted by Gasteiger charge is -2.04. The molecule has 2 N–H and O–H groups in total. The number of aromatic nitrogens is 1. The molecule has 0 saturated carbocycles. The molecular formula is C13H22N2O. The van der Waals surface area contributed by atoms with Crippen LogP contribution in [0.4, 0.5) is 0 Å². The normalized spacial score (nSPS) is 14.8. The molecule has 2 rings (SSSR count). The average Bonchev–Trinajstić information content (AvgIpc) is 2.88. The minimum Gasteiger partial charge on any atom is -0.381 e. The molecule has 0 radical (unpaired) electrons. The van der Waals surface area contributed by atoms with Crippen molar-refractivity contribution in [1.82, 2.24) is 4.98 Å². The molecule has 1 aliphatic rings. The van der Waals surface area contributed by atoms with E-state index in [1.165, 1.54) is 12.8 Å². The number of hydrogen-bond donors (Lipinski definition) is 1. The first kappa shape index (κ1) is 13.1. The predicted octanol–water partition coefficient (Wildman–Crippen LogP) is 2.46. The third-order valence-corrected chi connectivity index (χ3v) is 2.46. The van der Waals surface area contributed by atoms with E-state index in [9.17, 15) is 0 Å². The topological polar surface area (TPSA) is 48.1 Å². The van der Waals surface area contributed by atoms with E-state index in [2.05, 4.69) is 18.8 Å². The summed E-state index contributed by atoms with van der Waals surface area (Å²) in [7, 11) is 0. The number of rotatable bonds is 2. The molecule has 0 amide bonds. The summed E-state index contributed by atoms with van der Waals surface area (Å²) in [5, 5.41) is 0. The van der Waals surface area contributed by atoms with Crippen molar-refractivity contribution in [2.75, 3.05) is 13.2 Å². The van der Waals surface area contributed by atoms with Crippen LogP contribution in [0.2, 0.25) is 0 Å². The SMILES string of the molecule is C1CCOC1.CC(C)c1cccc(CN)n1. The van der Waals surface area contributed by atoms with Gasteiger partial charge in [-0.15, -0.1) is 0 Å². The van der Waals surface area contributed by atoms with Gasteiger partial charge in [-0.1, -0.05) is 19.9 Å². The maximum atomic E-state index is 5.46. The number of pyridine rings is 1. The van der Waals surface area contributed by atoms with E-state index in [0.717, 1.165) is 24.6 Å². The van der Waals surface area contributed by atoms with Crippen molar-refractivity contribution >= 4 is 0 Å². The Morgan fingerprint density at radius 1 is 1.31 bits per heavy atom. The van der Waals surface area contributed by atoms with Gasteiger partial charge in [-0.25, -0.2) is 0 Å². The molecule has 0 spiro atoms. The fourth-order valence-corrected chi connectivity index (χ4v) is 1.44. The second-order valence-corrected chi connectivity index (χ2v) is 4.23. The van der Waals surface area contributed by atoms with Crippen molar-refractivity contribution in [2.45, 2.75) is 39.2 Å². The number of nitrogens with zero attached hydrogens (tertiary/aromatic N) is 1. The Hall–Kier alpha value is -0.930. The maximum Gasteiger partial charge on any atom is 0.0542 e. The largest absolute Gasteiger partial charge is 0.381 e. The third kappa shape index (κ3) is 4.73. The summed E-state index contributed by atoms with van der Waals surface area (Å²) in [5.74, 6) is 0.487. The first-order valence-electron chi connectivity index (χ1n) is 5.97. The highest BCUT2D eigenvalue weighted by Gasteiger charge is 1.99.